The zero-order valence-corrected chi connectivity index (χ0v) is 26.8. The van der Waals surface area contributed by atoms with E-state index in [9.17, 15) is 24.0 Å². The number of ether oxygens (including phenoxy) is 1. The minimum absolute atomic E-state index is 0.0167. The summed E-state index contributed by atoms with van der Waals surface area (Å²) in [6.07, 6.45) is 1.62. The number of nitrogens with zero attached hydrogens (tertiary/aromatic N) is 2. The van der Waals surface area contributed by atoms with E-state index in [1.165, 1.54) is 4.90 Å². The zero-order valence-electron chi connectivity index (χ0n) is 26.1. The second-order valence-corrected chi connectivity index (χ2v) is 14.5. The Morgan fingerprint density at radius 2 is 1.82 bits per heavy atom. The van der Waals surface area contributed by atoms with Gasteiger partial charge in [-0.3, -0.25) is 19.2 Å². The van der Waals surface area contributed by atoms with Crippen molar-refractivity contribution in [2.24, 2.45) is 22.2 Å². The van der Waals surface area contributed by atoms with E-state index in [0.29, 0.717) is 10.7 Å². The molecule has 1 saturated carbocycles. The van der Waals surface area contributed by atoms with E-state index in [-0.39, 0.29) is 31.7 Å². The second kappa shape index (κ2) is 12.4. The van der Waals surface area contributed by atoms with E-state index in [2.05, 4.69) is 15.8 Å². The highest BCUT2D eigenvalue weighted by atomic mass is 35.5. The molecule has 1 saturated heterocycles. The lowest BCUT2D eigenvalue weighted by atomic mass is 9.85. The third-order valence-electron chi connectivity index (χ3n) is 7.90. The number of rotatable bonds is 9. The largest absolute Gasteiger partial charge is 0.444 e. The Bertz CT molecular complexity index is 1360. The van der Waals surface area contributed by atoms with Crippen molar-refractivity contribution in [2.75, 3.05) is 6.54 Å². The smallest absolute Gasteiger partial charge is 0.408 e. The van der Waals surface area contributed by atoms with Gasteiger partial charge in [-0.15, -0.1) is 0 Å². The minimum Gasteiger partial charge on any atom is -0.444 e. The molecule has 12 nitrogen and oxygen atoms in total. The first-order valence-corrected chi connectivity index (χ1v) is 15.2. The van der Waals surface area contributed by atoms with Crippen LogP contribution in [0.4, 0.5) is 4.79 Å². The highest BCUT2D eigenvalue weighted by molar-refractivity contribution is 6.37. The van der Waals surface area contributed by atoms with Crippen LogP contribution >= 0.6 is 11.6 Å². The van der Waals surface area contributed by atoms with Crippen molar-refractivity contribution in [1.82, 2.24) is 15.5 Å². The summed E-state index contributed by atoms with van der Waals surface area (Å²) >= 11 is 6.19. The van der Waals surface area contributed by atoms with Crippen LogP contribution in [-0.4, -0.2) is 76.1 Å². The molecule has 13 heteroatoms. The minimum atomic E-state index is -1.14. The Labute approximate surface area is 262 Å². The van der Waals surface area contributed by atoms with Crippen LogP contribution in [0.5, 0.6) is 0 Å². The van der Waals surface area contributed by atoms with Gasteiger partial charge in [0.05, 0.1) is 18.3 Å². The molecule has 1 aliphatic carbocycles. The van der Waals surface area contributed by atoms with Crippen LogP contribution in [0.1, 0.15) is 79.2 Å². The molecule has 240 valence electrons. The fourth-order valence-electron chi connectivity index (χ4n) is 5.55. The van der Waals surface area contributed by atoms with Gasteiger partial charge in [0.2, 0.25) is 17.6 Å². The maximum Gasteiger partial charge on any atom is 0.408 e. The maximum absolute atomic E-state index is 14.3. The Morgan fingerprint density at radius 3 is 2.39 bits per heavy atom. The van der Waals surface area contributed by atoms with Gasteiger partial charge >= 0.3 is 6.09 Å². The van der Waals surface area contributed by atoms with Crippen LogP contribution in [0.15, 0.2) is 29.4 Å². The van der Waals surface area contributed by atoms with E-state index in [4.69, 9.17) is 26.9 Å². The van der Waals surface area contributed by atoms with Crippen LogP contribution in [0, 0.1) is 11.3 Å². The Kier molecular flexibility index (Phi) is 9.35. The SMILES string of the molecule is CC(C)(C)OC(=O)N[C@H](C(=O)N1C[C@@]2(CC(c3cccc(Cl)c3)=NO2)C[C@H]1C(=O)N[C@@H](CC1CC1)C(=O)C(N)=O)C(C)(C)C. The first kappa shape index (κ1) is 33.2. The highest BCUT2D eigenvalue weighted by Crippen LogP contribution is 2.40. The van der Waals surface area contributed by atoms with Crippen molar-refractivity contribution < 1.29 is 33.5 Å². The Balaban J connectivity index is 1.63. The molecule has 0 unspecified atom stereocenters. The molecule has 4 atom stereocenters. The fraction of sp³-hybridized carbons (Fsp3) is 0.613. The molecule has 1 aromatic rings. The summed E-state index contributed by atoms with van der Waals surface area (Å²) in [5.41, 5.74) is 4.01. The van der Waals surface area contributed by atoms with Gasteiger partial charge in [0.25, 0.3) is 5.91 Å². The fourth-order valence-corrected chi connectivity index (χ4v) is 5.74. The van der Waals surface area contributed by atoms with Gasteiger partial charge in [-0.1, -0.05) is 62.5 Å². The molecule has 2 heterocycles. The average molecular weight is 632 g/mol. The van der Waals surface area contributed by atoms with Gasteiger partial charge in [-0.05, 0) is 50.7 Å². The molecule has 2 fully saturated rings. The predicted molar refractivity (Wildman–Crippen MR) is 163 cm³/mol. The summed E-state index contributed by atoms with van der Waals surface area (Å²) in [5.74, 6) is -2.98. The number of hydrogen-bond donors (Lipinski definition) is 3. The standard InChI is InChI=1S/C31H42ClN5O7/c1-29(2,3)24(35-28(42)43-30(4,5)6)27(41)37-16-31(14-21(36-44-31)18-8-7-9-19(32)13-18)15-22(37)26(40)34-20(12-17-10-11-17)23(38)25(33)39/h7-9,13,17,20,22,24H,10-12,14-16H2,1-6H3,(H2,33,39)(H,34,40)(H,35,42)/t20-,22-,24+,31+/m0/s1. The van der Waals surface area contributed by atoms with Gasteiger partial charge in [-0.2, -0.15) is 0 Å². The first-order valence-electron chi connectivity index (χ1n) is 14.8. The van der Waals surface area contributed by atoms with Gasteiger partial charge in [-0.25, -0.2) is 4.79 Å². The van der Waals surface area contributed by atoms with Crippen LogP contribution in [0.25, 0.3) is 0 Å². The molecule has 1 spiro atoms. The topological polar surface area (TPSA) is 169 Å². The normalized spacial score (nSPS) is 22.9. The van der Waals surface area contributed by atoms with E-state index in [0.717, 1.165) is 18.4 Å². The molecule has 2 aliphatic heterocycles. The number of carbonyl (C=O) groups is 5. The number of benzene rings is 1. The van der Waals surface area contributed by atoms with E-state index in [1.54, 1.807) is 59.7 Å². The van der Waals surface area contributed by atoms with Crippen molar-refractivity contribution in [2.45, 2.75) is 103 Å². The number of halogens is 1. The van der Waals surface area contributed by atoms with E-state index < -0.39 is 64.3 Å². The monoisotopic (exact) mass is 631 g/mol. The van der Waals surface area contributed by atoms with Crippen LogP contribution in [0.3, 0.4) is 0 Å². The summed E-state index contributed by atoms with van der Waals surface area (Å²) in [7, 11) is 0. The van der Waals surface area contributed by atoms with E-state index >= 15 is 0 Å². The number of amides is 4. The number of alkyl carbamates (subject to hydrolysis) is 1. The molecule has 0 aromatic heterocycles. The third-order valence-corrected chi connectivity index (χ3v) is 8.13. The van der Waals surface area contributed by atoms with Crippen molar-refractivity contribution >= 4 is 46.9 Å². The van der Waals surface area contributed by atoms with Crippen LogP contribution < -0.4 is 16.4 Å². The van der Waals surface area contributed by atoms with Crippen molar-refractivity contribution in [3.63, 3.8) is 0 Å². The molecule has 3 aliphatic rings. The van der Waals surface area contributed by atoms with Gasteiger partial charge < -0.3 is 30.8 Å². The molecular weight excluding hydrogens is 590 g/mol. The zero-order chi connectivity index (χ0) is 32.6. The number of oxime groups is 1. The molecule has 4 N–H and O–H groups in total. The summed E-state index contributed by atoms with van der Waals surface area (Å²) in [5, 5.41) is 10.2. The summed E-state index contributed by atoms with van der Waals surface area (Å²) < 4.78 is 5.43. The molecule has 0 radical (unpaired) electrons. The quantitative estimate of drug-likeness (QED) is 0.352. The second-order valence-electron chi connectivity index (χ2n) is 14.1. The van der Waals surface area contributed by atoms with Gasteiger partial charge in [0.15, 0.2) is 5.60 Å². The Morgan fingerprint density at radius 1 is 1.14 bits per heavy atom. The molecule has 0 bridgehead atoms. The number of ketones is 1. The van der Waals surface area contributed by atoms with E-state index in [1.807, 2.05) is 6.07 Å². The lowest BCUT2D eigenvalue weighted by molar-refractivity contribution is -0.143. The number of Topliss-reactive ketones (excluding diaryl/α,β-unsaturated/α-hetero) is 1. The molecule has 4 rings (SSSR count). The Hall–Kier alpha value is -3.67. The number of nitrogens with two attached hydrogens (primary N) is 1. The average Bonchev–Trinajstić information content (AvgIpc) is 3.50. The summed E-state index contributed by atoms with van der Waals surface area (Å²) in [6.45, 7) is 10.5. The first-order chi connectivity index (χ1) is 20.4. The molecule has 1 aromatic carbocycles. The summed E-state index contributed by atoms with van der Waals surface area (Å²) in [4.78, 5) is 72.7. The third kappa shape index (κ3) is 8.08. The van der Waals surface area contributed by atoms with Crippen molar-refractivity contribution in [1.29, 1.82) is 0 Å². The van der Waals surface area contributed by atoms with Gasteiger partial charge in [0.1, 0.15) is 17.7 Å². The van der Waals surface area contributed by atoms with Crippen LogP contribution in [-0.2, 0) is 28.8 Å². The number of carbonyl (C=O) groups excluding carboxylic acids is 5. The lowest BCUT2D eigenvalue weighted by Crippen LogP contribution is -2.59. The molecule has 44 heavy (non-hydrogen) atoms. The number of hydrogen-bond acceptors (Lipinski definition) is 8. The molecular formula is C31H42ClN5O7. The number of primary amides is 1. The summed E-state index contributed by atoms with van der Waals surface area (Å²) in [6, 6.07) is 3.84. The predicted octanol–water partition coefficient (Wildman–Crippen LogP) is 3.08. The maximum atomic E-state index is 14.3. The van der Waals surface area contributed by atoms with Crippen molar-refractivity contribution in [3.05, 3.63) is 34.9 Å². The van der Waals surface area contributed by atoms with Crippen LogP contribution in [0.2, 0.25) is 5.02 Å². The number of nitrogens with one attached hydrogen (secondary N) is 2. The van der Waals surface area contributed by atoms with Crippen molar-refractivity contribution in [3.8, 4) is 0 Å². The highest BCUT2D eigenvalue weighted by Gasteiger charge is 2.56. The number of likely N-dealkylation sites (tertiary alicyclic amines) is 1. The molecule has 4 amide bonds. The van der Waals surface area contributed by atoms with Gasteiger partial charge in [0, 0.05) is 23.4 Å². The lowest BCUT2D eigenvalue weighted by Gasteiger charge is -2.36.